The number of nitrogens with zero attached hydrogens (tertiary/aromatic N) is 1. The number of hydrogen-bond acceptors (Lipinski definition) is 3. The Morgan fingerprint density at radius 3 is 2.50 bits per heavy atom. The Kier molecular flexibility index (Phi) is 3.32. The van der Waals surface area contributed by atoms with Crippen molar-refractivity contribution in [2.45, 2.75) is 9.79 Å². The second-order valence-electron chi connectivity index (χ2n) is 4.44. The number of fused-ring (bicyclic) bond motifs is 1. The molecular formula is C17H12N2S. The molecule has 0 saturated heterocycles. The SMILES string of the molecule is N#Cc1cccc(Sc2ccc3ccccc3c2)c1N. The molecule has 0 aliphatic rings. The maximum atomic E-state index is 9.01. The predicted molar refractivity (Wildman–Crippen MR) is 83.6 cm³/mol. The monoisotopic (exact) mass is 276 g/mol. The van der Waals surface area contributed by atoms with Crippen molar-refractivity contribution in [2.24, 2.45) is 0 Å². The van der Waals surface area contributed by atoms with E-state index in [1.54, 1.807) is 17.8 Å². The molecule has 0 radical (unpaired) electrons. The average molecular weight is 276 g/mol. The number of benzene rings is 3. The fraction of sp³-hybridized carbons (Fsp3) is 0. The van der Waals surface area contributed by atoms with Gasteiger partial charge in [0.05, 0.1) is 11.3 Å². The highest BCUT2D eigenvalue weighted by Gasteiger charge is 2.06. The highest BCUT2D eigenvalue weighted by molar-refractivity contribution is 7.99. The molecule has 3 aromatic carbocycles. The summed E-state index contributed by atoms with van der Waals surface area (Å²) in [6.45, 7) is 0. The van der Waals surface area contributed by atoms with E-state index in [-0.39, 0.29) is 0 Å². The summed E-state index contributed by atoms with van der Waals surface area (Å²) < 4.78 is 0. The third kappa shape index (κ3) is 2.34. The molecule has 0 saturated carbocycles. The topological polar surface area (TPSA) is 49.8 Å². The lowest BCUT2D eigenvalue weighted by Gasteiger charge is -2.07. The molecule has 0 unspecified atom stereocenters. The minimum absolute atomic E-state index is 0.524. The Labute approximate surface area is 121 Å². The average Bonchev–Trinajstić information content (AvgIpc) is 2.49. The summed E-state index contributed by atoms with van der Waals surface area (Å²) in [5.74, 6) is 0. The van der Waals surface area contributed by atoms with Gasteiger partial charge in [-0.05, 0) is 35.0 Å². The smallest absolute Gasteiger partial charge is 0.101 e. The summed E-state index contributed by atoms with van der Waals surface area (Å²) in [5.41, 5.74) is 7.08. The molecule has 3 rings (SSSR count). The van der Waals surface area contributed by atoms with E-state index in [1.807, 2.05) is 24.3 Å². The summed E-state index contributed by atoms with van der Waals surface area (Å²) in [4.78, 5) is 2.03. The van der Waals surface area contributed by atoms with Crippen LogP contribution in [-0.2, 0) is 0 Å². The molecule has 2 N–H and O–H groups in total. The summed E-state index contributed by atoms with van der Waals surface area (Å²) in [7, 11) is 0. The van der Waals surface area contributed by atoms with Crippen molar-refractivity contribution in [3.63, 3.8) is 0 Å². The fourth-order valence-corrected chi connectivity index (χ4v) is 3.03. The first-order chi connectivity index (χ1) is 9.78. The minimum Gasteiger partial charge on any atom is -0.397 e. The Bertz CT molecular complexity index is 819. The molecule has 20 heavy (non-hydrogen) atoms. The molecule has 3 aromatic rings. The number of nitrogens with two attached hydrogens (primary N) is 1. The zero-order chi connectivity index (χ0) is 13.9. The number of nitrogen functional groups attached to an aromatic ring is 1. The van der Waals surface area contributed by atoms with Gasteiger partial charge < -0.3 is 5.73 Å². The number of rotatable bonds is 2. The van der Waals surface area contributed by atoms with Crippen LogP contribution < -0.4 is 5.73 Å². The highest BCUT2D eigenvalue weighted by Crippen LogP contribution is 2.34. The zero-order valence-electron chi connectivity index (χ0n) is 10.7. The van der Waals surface area contributed by atoms with Crippen molar-refractivity contribution in [1.29, 1.82) is 5.26 Å². The van der Waals surface area contributed by atoms with Crippen LogP contribution in [0, 0.1) is 11.3 Å². The molecule has 0 aliphatic carbocycles. The standard InChI is InChI=1S/C17H12N2S/c18-11-14-6-3-7-16(17(14)19)20-15-9-8-12-4-1-2-5-13(12)10-15/h1-10H,19H2. The van der Waals surface area contributed by atoms with Gasteiger partial charge in [0.15, 0.2) is 0 Å². The summed E-state index contributed by atoms with van der Waals surface area (Å²) in [5, 5.41) is 11.4. The fourth-order valence-electron chi connectivity index (χ4n) is 2.09. The van der Waals surface area contributed by atoms with Gasteiger partial charge in [-0.25, -0.2) is 0 Å². The number of nitriles is 1. The quantitative estimate of drug-likeness (QED) is 0.704. The summed E-state index contributed by atoms with van der Waals surface area (Å²) in [6.07, 6.45) is 0. The molecule has 0 atom stereocenters. The van der Waals surface area contributed by atoms with Crippen molar-refractivity contribution in [3.05, 3.63) is 66.2 Å². The van der Waals surface area contributed by atoms with Gasteiger partial charge in [0.2, 0.25) is 0 Å². The Morgan fingerprint density at radius 1 is 0.900 bits per heavy atom. The van der Waals surface area contributed by atoms with Crippen LogP contribution >= 0.6 is 11.8 Å². The van der Waals surface area contributed by atoms with E-state index in [0.717, 1.165) is 9.79 Å². The maximum absolute atomic E-state index is 9.01. The molecule has 3 heteroatoms. The third-order valence-electron chi connectivity index (χ3n) is 3.14. The molecule has 2 nitrogen and oxygen atoms in total. The lowest BCUT2D eigenvalue weighted by atomic mass is 10.1. The van der Waals surface area contributed by atoms with E-state index in [2.05, 4.69) is 36.4 Å². The van der Waals surface area contributed by atoms with E-state index in [9.17, 15) is 0 Å². The molecule has 96 valence electrons. The molecule has 0 amide bonds. The Hall–Kier alpha value is -2.44. The third-order valence-corrected chi connectivity index (χ3v) is 4.20. The van der Waals surface area contributed by atoms with Crippen molar-refractivity contribution >= 4 is 28.2 Å². The molecule has 0 aromatic heterocycles. The molecule has 0 aliphatic heterocycles. The minimum atomic E-state index is 0.524. The summed E-state index contributed by atoms with van der Waals surface area (Å²) in [6, 6.07) is 22.2. The van der Waals surface area contributed by atoms with Gasteiger partial charge in [-0.15, -0.1) is 0 Å². The van der Waals surface area contributed by atoms with E-state index in [4.69, 9.17) is 11.0 Å². The maximum Gasteiger partial charge on any atom is 0.101 e. The number of hydrogen-bond donors (Lipinski definition) is 1. The van der Waals surface area contributed by atoms with Crippen LogP contribution in [0.4, 0.5) is 5.69 Å². The van der Waals surface area contributed by atoms with Gasteiger partial charge in [0.1, 0.15) is 6.07 Å². The van der Waals surface area contributed by atoms with Gasteiger partial charge in [0, 0.05) is 9.79 Å². The second kappa shape index (κ2) is 5.28. The van der Waals surface area contributed by atoms with Gasteiger partial charge in [-0.1, -0.05) is 48.2 Å². The van der Waals surface area contributed by atoms with Crippen molar-refractivity contribution < 1.29 is 0 Å². The first-order valence-corrected chi connectivity index (χ1v) is 7.05. The Balaban J connectivity index is 1.99. The molecule has 0 bridgehead atoms. The predicted octanol–water partition coefficient (Wildman–Crippen LogP) is 4.44. The van der Waals surface area contributed by atoms with Crippen LogP contribution in [-0.4, -0.2) is 0 Å². The van der Waals surface area contributed by atoms with Crippen molar-refractivity contribution in [2.75, 3.05) is 5.73 Å². The van der Waals surface area contributed by atoms with E-state index >= 15 is 0 Å². The van der Waals surface area contributed by atoms with Crippen LogP contribution in [0.3, 0.4) is 0 Å². The molecule has 0 fully saturated rings. The van der Waals surface area contributed by atoms with E-state index in [1.165, 1.54) is 10.8 Å². The van der Waals surface area contributed by atoms with Crippen molar-refractivity contribution in [1.82, 2.24) is 0 Å². The van der Waals surface area contributed by atoms with Crippen LogP contribution in [0.5, 0.6) is 0 Å². The number of para-hydroxylation sites is 1. The van der Waals surface area contributed by atoms with E-state index in [0.29, 0.717) is 11.3 Å². The van der Waals surface area contributed by atoms with Crippen LogP contribution in [0.15, 0.2) is 70.5 Å². The van der Waals surface area contributed by atoms with Crippen molar-refractivity contribution in [3.8, 4) is 6.07 Å². The van der Waals surface area contributed by atoms with Gasteiger partial charge in [0.25, 0.3) is 0 Å². The zero-order valence-corrected chi connectivity index (χ0v) is 11.5. The van der Waals surface area contributed by atoms with Crippen LogP contribution in [0.25, 0.3) is 10.8 Å². The molecular weight excluding hydrogens is 264 g/mol. The molecule has 0 spiro atoms. The van der Waals surface area contributed by atoms with Gasteiger partial charge in [-0.2, -0.15) is 5.26 Å². The van der Waals surface area contributed by atoms with Gasteiger partial charge in [-0.3, -0.25) is 0 Å². The largest absolute Gasteiger partial charge is 0.397 e. The first-order valence-electron chi connectivity index (χ1n) is 6.23. The van der Waals surface area contributed by atoms with Gasteiger partial charge >= 0.3 is 0 Å². The Morgan fingerprint density at radius 2 is 1.70 bits per heavy atom. The van der Waals surface area contributed by atoms with Crippen LogP contribution in [0.1, 0.15) is 5.56 Å². The van der Waals surface area contributed by atoms with Crippen LogP contribution in [0.2, 0.25) is 0 Å². The first kappa shape index (κ1) is 12.6. The lowest BCUT2D eigenvalue weighted by Crippen LogP contribution is -1.92. The number of anilines is 1. The second-order valence-corrected chi connectivity index (χ2v) is 5.56. The summed E-state index contributed by atoms with van der Waals surface area (Å²) >= 11 is 1.58. The molecule has 0 heterocycles. The highest BCUT2D eigenvalue weighted by atomic mass is 32.2. The lowest BCUT2D eigenvalue weighted by molar-refractivity contribution is 1.39. The van der Waals surface area contributed by atoms with E-state index < -0.39 is 0 Å². The normalized spacial score (nSPS) is 10.3.